The first-order valence-corrected chi connectivity index (χ1v) is 30.7. The predicted octanol–water partition coefficient (Wildman–Crippen LogP) is 7.17. The number of rotatable bonds is 20. The molecule has 0 spiro atoms. The Labute approximate surface area is 234 Å². The Hall–Kier alpha value is 1.71. The summed E-state index contributed by atoms with van der Waals surface area (Å²) in [6.07, 6.45) is 8.32. The van der Waals surface area contributed by atoms with Gasteiger partial charge in [-0.1, -0.05) is 0 Å². The molecule has 0 radical (unpaired) electrons. The van der Waals surface area contributed by atoms with Crippen LogP contribution in [0.15, 0.2) is 0 Å². The van der Waals surface area contributed by atoms with Crippen molar-refractivity contribution >= 4 is 56.5 Å². The molecule has 1 heterocycles. The Morgan fingerprint density at radius 1 is 0.417 bits per heavy atom. The SMILES string of the molecule is CCC[CH2][Sn]1([CH2]CCC)[O][Si](OCC)(OCC)[O][Sn]([CH2]CCC)([CH2]CCC)[O][Si](OCC)(OCC)[O]1. The van der Waals surface area contributed by atoms with Crippen LogP contribution in [0.3, 0.4) is 0 Å². The maximum atomic E-state index is 7.22. The first-order valence-electron chi connectivity index (χ1n) is 14.7. The van der Waals surface area contributed by atoms with Crippen LogP contribution in [-0.2, 0) is 28.8 Å². The van der Waals surface area contributed by atoms with Crippen LogP contribution in [0.25, 0.3) is 0 Å². The van der Waals surface area contributed by atoms with Crippen LogP contribution in [0.1, 0.15) is 107 Å². The van der Waals surface area contributed by atoms with Crippen LogP contribution in [0.4, 0.5) is 0 Å². The van der Waals surface area contributed by atoms with Gasteiger partial charge < -0.3 is 0 Å². The van der Waals surface area contributed by atoms with Gasteiger partial charge in [0, 0.05) is 0 Å². The minimum atomic E-state index is -3.94. The molecule has 0 bridgehead atoms. The summed E-state index contributed by atoms with van der Waals surface area (Å²) in [7, 11) is -6.99. The van der Waals surface area contributed by atoms with Crippen LogP contribution in [0.2, 0.25) is 17.7 Å². The van der Waals surface area contributed by atoms with E-state index < -0.39 is 56.5 Å². The molecule has 216 valence electrons. The van der Waals surface area contributed by atoms with Crippen molar-refractivity contribution in [3.63, 3.8) is 0 Å². The summed E-state index contributed by atoms with van der Waals surface area (Å²) in [5, 5.41) is 0. The summed E-state index contributed by atoms with van der Waals surface area (Å²) in [5.41, 5.74) is 0. The summed E-state index contributed by atoms with van der Waals surface area (Å²) >= 11 is -7.87. The summed E-state index contributed by atoms with van der Waals surface area (Å²) < 4.78 is 58.1. The van der Waals surface area contributed by atoms with Crippen LogP contribution < -0.4 is 0 Å². The molecule has 1 aliphatic heterocycles. The van der Waals surface area contributed by atoms with E-state index in [1.165, 1.54) is 0 Å². The molecule has 0 aromatic carbocycles. The quantitative estimate of drug-likeness (QED) is 0.121. The van der Waals surface area contributed by atoms with Crippen LogP contribution >= 0.6 is 0 Å². The minimum absolute atomic E-state index is 0.471. The Balaban J connectivity index is 3.80. The van der Waals surface area contributed by atoms with E-state index in [-0.39, 0.29) is 0 Å². The summed E-state index contributed by atoms with van der Waals surface area (Å²) in [6.45, 7) is 18.7. The predicted molar refractivity (Wildman–Crippen MR) is 153 cm³/mol. The van der Waals surface area contributed by atoms with E-state index in [0.717, 1.165) is 69.1 Å². The Morgan fingerprint density at radius 2 is 0.639 bits per heavy atom. The van der Waals surface area contributed by atoms with E-state index in [1.807, 2.05) is 27.7 Å². The van der Waals surface area contributed by atoms with Crippen molar-refractivity contribution in [2.45, 2.75) is 125 Å². The van der Waals surface area contributed by atoms with Crippen LogP contribution in [-0.4, -0.2) is 82.9 Å². The fraction of sp³-hybridized carbons (Fsp3) is 1.00. The fourth-order valence-electron chi connectivity index (χ4n) is 4.46. The Kier molecular flexibility index (Phi) is 18.8. The molecule has 1 aliphatic rings. The second-order valence-electron chi connectivity index (χ2n) is 9.38. The van der Waals surface area contributed by atoms with Gasteiger partial charge in [-0.15, -0.1) is 0 Å². The topological polar surface area (TPSA) is 73.8 Å². The third-order valence-corrected chi connectivity index (χ3v) is 45.3. The van der Waals surface area contributed by atoms with Gasteiger partial charge in [0.2, 0.25) is 0 Å². The summed E-state index contributed by atoms with van der Waals surface area (Å²) in [6, 6.07) is 0. The van der Waals surface area contributed by atoms with Gasteiger partial charge in [0.1, 0.15) is 0 Å². The average Bonchev–Trinajstić information content (AvgIpc) is 2.83. The van der Waals surface area contributed by atoms with Gasteiger partial charge >= 0.3 is 236 Å². The van der Waals surface area contributed by atoms with Crippen molar-refractivity contribution in [2.24, 2.45) is 0 Å². The number of hydrogen-bond donors (Lipinski definition) is 0. The number of unbranched alkanes of at least 4 members (excludes halogenated alkanes) is 4. The third-order valence-electron chi connectivity index (χ3n) is 6.17. The van der Waals surface area contributed by atoms with Gasteiger partial charge in [-0.05, 0) is 0 Å². The molecule has 0 saturated carbocycles. The van der Waals surface area contributed by atoms with Gasteiger partial charge in [-0.3, -0.25) is 0 Å². The van der Waals surface area contributed by atoms with Crippen molar-refractivity contribution in [1.29, 1.82) is 0 Å². The van der Waals surface area contributed by atoms with E-state index in [9.17, 15) is 0 Å². The van der Waals surface area contributed by atoms with Crippen molar-refractivity contribution < 1.29 is 28.8 Å². The molecule has 0 atom stereocenters. The molecular formula is C24H56O8Si2Sn2. The Bertz CT molecular complexity index is 480. The monoisotopic (exact) mass is 768 g/mol. The van der Waals surface area contributed by atoms with Crippen molar-refractivity contribution in [2.75, 3.05) is 26.4 Å². The van der Waals surface area contributed by atoms with E-state index in [0.29, 0.717) is 26.4 Å². The summed E-state index contributed by atoms with van der Waals surface area (Å²) in [4.78, 5) is 0. The normalized spacial score (nSPS) is 20.7. The van der Waals surface area contributed by atoms with Crippen molar-refractivity contribution in [1.82, 2.24) is 0 Å². The molecule has 1 rings (SSSR count). The molecular weight excluding hydrogens is 710 g/mol. The standard InChI is InChI=1S/2C4H10O4Si.4C4H9.2Sn/c2*1-3-7-9(5,6)8-4-2;4*1-3-4-2;;/h2*3-4H2,1-2H3;4*1,3-4H2,2H3;;/q2*-2;;;;;2*+2. The van der Waals surface area contributed by atoms with Crippen molar-refractivity contribution in [3.05, 3.63) is 0 Å². The molecule has 0 aromatic heterocycles. The van der Waals surface area contributed by atoms with E-state index in [1.54, 1.807) is 0 Å². The third kappa shape index (κ3) is 11.3. The molecule has 0 aliphatic carbocycles. The second-order valence-corrected chi connectivity index (χ2v) is 36.4. The molecule has 1 saturated heterocycles. The van der Waals surface area contributed by atoms with Gasteiger partial charge in [-0.2, -0.15) is 0 Å². The first-order chi connectivity index (χ1) is 17.3. The molecule has 1 fully saturated rings. The zero-order chi connectivity index (χ0) is 27.0. The molecule has 0 unspecified atom stereocenters. The average molecular weight is 766 g/mol. The van der Waals surface area contributed by atoms with Crippen molar-refractivity contribution in [3.8, 4) is 0 Å². The molecule has 8 nitrogen and oxygen atoms in total. The summed E-state index contributed by atoms with van der Waals surface area (Å²) in [5.74, 6) is 0. The zero-order valence-electron chi connectivity index (χ0n) is 24.6. The number of hydrogen-bond acceptors (Lipinski definition) is 8. The van der Waals surface area contributed by atoms with E-state index in [4.69, 9.17) is 28.8 Å². The molecule has 0 N–H and O–H groups in total. The van der Waals surface area contributed by atoms with Gasteiger partial charge in [0.05, 0.1) is 0 Å². The van der Waals surface area contributed by atoms with Gasteiger partial charge in [0.25, 0.3) is 0 Å². The second kappa shape index (κ2) is 18.9. The van der Waals surface area contributed by atoms with E-state index >= 15 is 0 Å². The first kappa shape index (κ1) is 35.7. The molecule has 12 heteroatoms. The Morgan fingerprint density at radius 3 is 0.806 bits per heavy atom. The van der Waals surface area contributed by atoms with Gasteiger partial charge in [0.15, 0.2) is 0 Å². The van der Waals surface area contributed by atoms with Gasteiger partial charge in [-0.25, -0.2) is 0 Å². The molecule has 0 amide bonds. The van der Waals surface area contributed by atoms with Crippen LogP contribution in [0.5, 0.6) is 0 Å². The maximum absolute atomic E-state index is 7.22. The molecule has 36 heavy (non-hydrogen) atoms. The molecule has 0 aromatic rings. The fourth-order valence-corrected chi connectivity index (χ4v) is 55.5. The van der Waals surface area contributed by atoms with Crippen LogP contribution in [0, 0.1) is 0 Å². The zero-order valence-corrected chi connectivity index (χ0v) is 32.3. The van der Waals surface area contributed by atoms with E-state index in [2.05, 4.69) is 27.7 Å².